The number of ketones is 1. The molecule has 0 aliphatic rings. The molecule has 0 spiro atoms. The topological polar surface area (TPSA) is 63.6 Å². The summed E-state index contributed by atoms with van der Waals surface area (Å²) in [6, 6.07) is 4.25. The lowest BCUT2D eigenvalue weighted by Gasteiger charge is -2.08. The molecule has 0 bridgehead atoms. The Morgan fingerprint density at radius 2 is 2.13 bits per heavy atom. The zero-order valence-electron chi connectivity index (χ0n) is 7.99. The molecule has 0 atom stereocenters. The first kappa shape index (κ1) is 11.2. The van der Waals surface area contributed by atoms with Crippen molar-refractivity contribution in [1.82, 2.24) is 0 Å². The molecule has 1 aromatic carbocycles. The average molecular weight is 212 g/mol. The highest BCUT2D eigenvalue weighted by Gasteiger charge is 2.22. The number of benzene rings is 1. The van der Waals surface area contributed by atoms with Crippen molar-refractivity contribution < 1.29 is 23.8 Å². The third-order valence-corrected chi connectivity index (χ3v) is 1.90. The molecular weight excluding hydrogens is 203 g/mol. The van der Waals surface area contributed by atoms with Crippen LogP contribution in [0.2, 0.25) is 0 Å². The van der Waals surface area contributed by atoms with Gasteiger partial charge in [0.15, 0.2) is 0 Å². The van der Waals surface area contributed by atoms with Gasteiger partial charge in [0.2, 0.25) is 0 Å². The van der Waals surface area contributed by atoms with Crippen molar-refractivity contribution in [2.24, 2.45) is 0 Å². The maximum absolute atomic E-state index is 12.5. The number of methoxy groups -OCH3 is 1. The van der Waals surface area contributed by atoms with Crippen LogP contribution in [0.3, 0.4) is 0 Å². The maximum atomic E-state index is 12.5. The lowest BCUT2D eigenvalue weighted by molar-refractivity contribution is -0.131. The van der Waals surface area contributed by atoms with Crippen molar-refractivity contribution in [2.45, 2.75) is 6.67 Å². The number of rotatable bonds is 4. The van der Waals surface area contributed by atoms with Crippen molar-refractivity contribution in [3.05, 3.63) is 29.3 Å². The third kappa shape index (κ3) is 2.12. The van der Waals surface area contributed by atoms with E-state index in [4.69, 9.17) is 9.84 Å². The van der Waals surface area contributed by atoms with Crippen LogP contribution in [0.25, 0.3) is 0 Å². The number of halogens is 1. The fourth-order valence-electron chi connectivity index (χ4n) is 1.22. The fraction of sp³-hybridized carbons (Fsp3) is 0.200. The van der Waals surface area contributed by atoms with Gasteiger partial charge in [0.25, 0.3) is 5.78 Å². The number of Topliss-reactive ketones (excluding diaryl/α,β-unsaturated/α-hetero) is 1. The second-order valence-corrected chi connectivity index (χ2v) is 2.76. The SMILES string of the molecule is COc1cccc(CF)c1C(=O)C(=O)O. The summed E-state index contributed by atoms with van der Waals surface area (Å²) in [6.45, 7) is -0.911. The third-order valence-electron chi connectivity index (χ3n) is 1.90. The van der Waals surface area contributed by atoms with E-state index in [0.29, 0.717) is 0 Å². The van der Waals surface area contributed by atoms with Crippen molar-refractivity contribution in [3.8, 4) is 5.75 Å². The fourth-order valence-corrected chi connectivity index (χ4v) is 1.22. The van der Waals surface area contributed by atoms with Gasteiger partial charge in [-0.1, -0.05) is 12.1 Å². The van der Waals surface area contributed by atoms with Crippen LogP contribution in [0, 0.1) is 0 Å². The van der Waals surface area contributed by atoms with E-state index >= 15 is 0 Å². The number of carbonyl (C=O) groups excluding carboxylic acids is 1. The molecule has 0 amide bonds. The van der Waals surface area contributed by atoms with Crippen LogP contribution < -0.4 is 4.74 Å². The molecule has 1 rings (SSSR count). The Morgan fingerprint density at radius 3 is 2.60 bits per heavy atom. The van der Waals surface area contributed by atoms with E-state index in [1.165, 1.54) is 25.3 Å². The van der Waals surface area contributed by atoms with Crippen LogP contribution >= 0.6 is 0 Å². The second-order valence-electron chi connectivity index (χ2n) is 2.76. The molecule has 0 fully saturated rings. The second kappa shape index (κ2) is 4.54. The van der Waals surface area contributed by atoms with Crippen LogP contribution in [0.5, 0.6) is 5.75 Å². The van der Waals surface area contributed by atoms with Crippen LogP contribution in [0.4, 0.5) is 4.39 Å². The Bertz CT molecular complexity index is 378. The van der Waals surface area contributed by atoms with Gasteiger partial charge in [0.05, 0.1) is 12.7 Å². The molecule has 0 aliphatic heterocycles. The smallest absolute Gasteiger partial charge is 0.377 e. The molecule has 0 aliphatic carbocycles. The predicted molar refractivity (Wildman–Crippen MR) is 49.8 cm³/mol. The van der Waals surface area contributed by atoms with E-state index in [1.54, 1.807) is 0 Å². The van der Waals surface area contributed by atoms with Crippen LogP contribution in [-0.4, -0.2) is 24.0 Å². The summed E-state index contributed by atoms with van der Waals surface area (Å²) < 4.78 is 17.3. The zero-order valence-corrected chi connectivity index (χ0v) is 7.99. The molecule has 0 saturated heterocycles. The van der Waals surface area contributed by atoms with Gasteiger partial charge < -0.3 is 9.84 Å². The molecule has 0 aromatic heterocycles. The zero-order chi connectivity index (χ0) is 11.4. The molecular formula is C10H9FO4. The summed E-state index contributed by atoms with van der Waals surface area (Å²) in [6.07, 6.45) is 0. The molecule has 1 aromatic rings. The summed E-state index contributed by atoms with van der Waals surface area (Å²) in [7, 11) is 1.29. The lowest BCUT2D eigenvalue weighted by Crippen LogP contribution is -2.16. The molecule has 80 valence electrons. The summed E-state index contributed by atoms with van der Waals surface area (Å²) in [5, 5.41) is 8.55. The van der Waals surface area contributed by atoms with Crippen molar-refractivity contribution in [2.75, 3.05) is 7.11 Å². The van der Waals surface area contributed by atoms with Crippen molar-refractivity contribution in [1.29, 1.82) is 0 Å². The first-order chi connectivity index (χ1) is 7.11. The van der Waals surface area contributed by atoms with E-state index in [-0.39, 0.29) is 16.9 Å². The number of carboxylic acids is 1. The monoisotopic (exact) mass is 212 g/mol. The largest absolute Gasteiger partial charge is 0.496 e. The normalized spacial score (nSPS) is 9.73. The Hall–Kier alpha value is -1.91. The first-order valence-corrected chi connectivity index (χ1v) is 4.11. The molecule has 0 saturated carbocycles. The van der Waals surface area contributed by atoms with E-state index in [9.17, 15) is 14.0 Å². The van der Waals surface area contributed by atoms with Gasteiger partial charge in [-0.3, -0.25) is 4.79 Å². The highest BCUT2D eigenvalue weighted by molar-refractivity contribution is 6.40. The minimum Gasteiger partial charge on any atom is -0.496 e. The van der Waals surface area contributed by atoms with Crippen LogP contribution in [-0.2, 0) is 11.5 Å². The molecule has 4 nitrogen and oxygen atoms in total. The summed E-state index contributed by atoms with van der Waals surface area (Å²) in [4.78, 5) is 21.8. The van der Waals surface area contributed by atoms with Gasteiger partial charge in [0.1, 0.15) is 12.4 Å². The quantitative estimate of drug-likeness (QED) is 0.605. The van der Waals surface area contributed by atoms with Crippen LogP contribution in [0.15, 0.2) is 18.2 Å². The highest BCUT2D eigenvalue weighted by atomic mass is 19.1. The maximum Gasteiger partial charge on any atom is 0.377 e. The number of carboxylic acid groups (broad SMARTS) is 1. The van der Waals surface area contributed by atoms with Crippen LogP contribution in [0.1, 0.15) is 15.9 Å². The van der Waals surface area contributed by atoms with Crippen molar-refractivity contribution in [3.63, 3.8) is 0 Å². The molecule has 15 heavy (non-hydrogen) atoms. The Balaban J connectivity index is 3.34. The molecule has 0 radical (unpaired) electrons. The van der Waals surface area contributed by atoms with Crippen molar-refractivity contribution >= 4 is 11.8 Å². The minimum absolute atomic E-state index is 0.0155. The summed E-state index contributed by atoms with van der Waals surface area (Å²) in [5.74, 6) is -2.73. The standard InChI is InChI=1S/C10H9FO4/c1-15-7-4-2-3-6(5-11)8(7)9(12)10(13)14/h2-4H,5H2,1H3,(H,13,14). The van der Waals surface area contributed by atoms with Gasteiger partial charge in [-0.25, -0.2) is 9.18 Å². The first-order valence-electron chi connectivity index (χ1n) is 4.11. The molecule has 1 N–H and O–H groups in total. The predicted octanol–water partition coefficient (Wildman–Crippen LogP) is 1.43. The van der Waals surface area contributed by atoms with Gasteiger partial charge in [-0.2, -0.15) is 0 Å². The summed E-state index contributed by atoms with van der Waals surface area (Å²) >= 11 is 0. The lowest BCUT2D eigenvalue weighted by atomic mass is 10.0. The molecule has 5 heteroatoms. The number of carbonyl (C=O) groups is 2. The van der Waals surface area contributed by atoms with Gasteiger partial charge in [-0.15, -0.1) is 0 Å². The average Bonchev–Trinajstić information content (AvgIpc) is 2.26. The Morgan fingerprint density at radius 1 is 1.47 bits per heavy atom. The summed E-state index contributed by atoms with van der Waals surface area (Å²) in [5.41, 5.74) is -0.211. The van der Waals surface area contributed by atoms with E-state index in [0.717, 1.165) is 0 Å². The molecule has 0 unspecified atom stereocenters. The van der Waals surface area contributed by atoms with Gasteiger partial charge in [-0.05, 0) is 11.6 Å². The number of hydrogen-bond donors (Lipinski definition) is 1. The number of ether oxygens (including phenoxy) is 1. The molecule has 0 heterocycles. The van der Waals surface area contributed by atoms with E-state index in [1.807, 2.05) is 0 Å². The Labute approximate surface area is 85.3 Å². The Kier molecular flexibility index (Phi) is 3.38. The highest BCUT2D eigenvalue weighted by Crippen LogP contribution is 2.23. The minimum atomic E-state index is -1.63. The van der Waals surface area contributed by atoms with E-state index in [2.05, 4.69) is 0 Å². The van der Waals surface area contributed by atoms with Gasteiger partial charge in [0, 0.05) is 0 Å². The number of aliphatic carboxylic acids is 1. The number of alkyl halides is 1. The number of hydrogen-bond acceptors (Lipinski definition) is 3. The van der Waals surface area contributed by atoms with E-state index < -0.39 is 18.4 Å². The van der Waals surface area contributed by atoms with Gasteiger partial charge >= 0.3 is 5.97 Å².